The highest BCUT2D eigenvalue weighted by Crippen LogP contribution is 2.23. The number of ether oxygens (including phenoxy) is 2. The van der Waals surface area contributed by atoms with E-state index in [1.807, 2.05) is 6.07 Å². The molecule has 5 heteroatoms. The average Bonchev–Trinajstić information content (AvgIpc) is 2.35. The first kappa shape index (κ1) is 12.3. The molecule has 1 aliphatic rings. The minimum Gasteiger partial charge on any atom is -0.462 e. The van der Waals surface area contributed by atoms with Gasteiger partial charge in [0, 0.05) is 0 Å². The van der Waals surface area contributed by atoms with Gasteiger partial charge in [-0.05, 0) is 19.1 Å². The third-order valence-electron chi connectivity index (χ3n) is 2.80. The zero-order chi connectivity index (χ0) is 12.4. The van der Waals surface area contributed by atoms with Gasteiger partial charge in [0.25, 0.3) is 0 Å². The van der Waals surface area contributed by atoms with Crippen molar-refractivity contribution in [2.45, 2.75) is 37.6 Å². The van der Waals surface area contributed by atoms with Crippen LogP contribution in [0.4, 0.5) is 0 Å². The summed E-state index contributed by atoms with van der Waals surface area (Å²) >= 11 is 0. The SMILES string of the molecule is C[C@H]1O[C@@H](Oc2ccccc2)[C@H](O)[C@@H](O)[C@@H]1O. The molecule has 94 valence electrons. The quantitative estimate of drug-likeness (QED) is 0.672. The molecule has 1 saturated heterocycles. The summed E-state index contributed by atoms with van der Waals surface area (Å²) in [5.41, 5.74) is 0. The Morgan fingerprint density at radius 2 is 1.65 bits per heavy atom. The molecule has 1 aliphatic heterocycles. The predicted molar refractivity (Wildman–Crippen MR) is 59.4 cm³/mol. The maximum absolute atomic E-state index is 9.73. The van der Waals surface area contributed by atoms with Crippen LogP contribution < -0.4 is 4.74 Å². The van der Waals surface area contributed by atoms with E-state index in [-0.39, 0.29) is 0 Å². The Morgan fingerprint density at radius 1 is 1.00 bits per heavy atom. The minimum atomic E-state index is -1.28. The van der Waals surface area contributed by atoms with Crippen molar-refractivity contribution in [3.8, 4) is 5.75 Å². The van der Waals surface area contributed by atoms with Gasteiger partial charge in [0.05, 0.1) is 6.10 Å². The number of hydrogen-bond acceptors (Lipinski definition) is 5. The molecule has 3 N–H and O–H groups in total. The molecule has 0 bridgehead atoms. The number of rotatable bonds is 2. The molecule has 17 heavy (non-hydrogen) atoms. The lowest BCUT2D eigenvalue weighted by Gasteiger charge is -2.38. The summed E-state index contributed by atoms with van der Waals surface area (Å²) in [4.78, 5) is 0. The van der Waals surface area contributed by atoms with Crippen LogP contribution in [0, 0.1) is 0 Å². The van der Waals surface area contributed by atoms with E-state index in [0.717, 1.165) is 0 Å². The van der Waals surface area contributed by atoms with Crippen LogP contribution in [-0.4, -0.2) is 46.0 Å². The third-order valence-corrected chi connectivity index (χ3v) is 2.80. The zero-order valence-electron chi connectivity index (χ0n) is 9.43. The fraction of sp³-hybridized carbons (Fsp3) is 0.500. The molecule has 0 spiro atoms. The van der Waals surface area contributed by atoms with Gasteiger partial charge >= 0.3 is 0 Å². The third kappa shape index (κ3) is 2.58. The van der Waals surface area contributed by atoms with Crippen molar-refractivity contribution in [3.05, 3.63) is 30.3 Å². The van der Waals surface area contributed by atoms with Gasteiger partial charge in [-0.3, -0.25) is 0 Å². The largest absolute Gasteiger partial charge is 0.462 e. The van der Waals surface area contributed by atoms with Crippen LogP contribution in [0.2, 0.25) is 0 Å². The average molecular weight is 240 g/mol. The molecule has 5 nitrogen and oxygen atoms in total. The lowest BCUT2D eigenvalue weighted by Crippen LogP contribution is -2.58. The lowest BCUT2D eigenvalue weighted by molar-refractivity contribution is -0.268. The van der Waals surface area contributed by atoms with E-state index >= 15 is 0 Å². The smallest absolute Gasteiger partial charge is 0.229 e. The van der Waals surface area contributed by atoms with Crippen LogP contribution in [0.3, 0.4) is 0 Å². The molecule has 0 aromatic heterocycles. The monoisotopic (exact) mass is 240 g/mol. The normalized spacial score (nSPS) is 37.8. The molecule has 0 radical (unpaired) electrons. The summed E-state index contributed by atoms with van der Waals surface area (Å²) in [5.74, 6) is 0.535. The molecule has 0 aliphatic carbocycles. The summed E-state index contributed by atoms with van der Waals surface area (Å²) in [7, 11) is 0. The fourth-order valence-electron chi connectivity index (χ4n) is 1.74. The Labute approximate surface area is 99.2 Å². The number of para-hydroxylation sites is 1. The Balaban J connectivity index is 2.06. The van der Waals surface area contributed by atoms with E-state index in [1.165, 1.54) is 0 Å². The summed E-state index contributed by atoms with van der Waals surface area (Å²) in [6.07, 6.45) is -5.23. The van der Waals surface area contributed by atoms with Crippen LogP contribution in [-0.2, 0) is 4.74 Å². The summed E-state index contributed by atoms with van der Waals surface area (Å²) in [6, 6.07) is 8.86. The highest BCUT2D eigenvalue weighted by molar-refractivity contribution is 5.21. The zero-order valence-corrected chi connectivity index (χ0v) is 9.43. The Morgan fingerprint density at radius 3 is 2.29 bits per heavy atom. The fourth-order valence-corrected chi connectivity index (χ4v) is 1.74. The van der Waals surface area contributed by atoms with Gasteiger partial charge in [0.15, 0.2) is 0 Å². The molecule has 1 fully saturated rings. The van der Waals surface area contributed by atoms with Gasteiger partial charge in [-0.15, -0.1) is 0 Å². The molecule has 1 heterocycles. The Hall–Kier alpha value is -1.14. The predicted octanol–water partition coefficient (Wildman–Crippen LogP) is -0.107. The van der Waals surface area contributed by atoms with Crippen molar-refractivity contribution >= 4 is 0 Å². The van der Waals surface area contributed by atoms with Gasteiger partial charge in [-0.25, -0.2) is 0 Å². The molecule has 1 aromatic carbocycles. The lowest BCUT2D eigenvalue weighted by atomic mass is 10.00. The second-order valence-electron chi connectivity index (χ2n) is 4.11. The van der Waals surface area contributed by atoms with Gasteiger partial charge in [-0.1, -0.05) is 18.2 Å². The van der Waals surface area contributed by atoms with Crippen LogP contribution in [0.5, 0.6) is 5.75 Å². The van der Waals surface area contributed by atoms with Crippen LogP contribution in [0.1, 0.15) is 6.92 Å². The highest BCUT2D eigenvalue weighted by Gasteiger charge is 2.43. The Kier molecular flexibility index (Phi) is 3.63. The topological polar surface area (TPSA) is 79.2 Å². The van der Waals surface area contributed by atoms with E-state index < -0.39 is 30.7 Å². The molecule has 0 amide bonds. The summed E-state index contributed by atoms with van der Waals surface area (Å²) in [5, 5.41) is 28.8. The van der Waals surface area contributed by atoms with Gasteiger partial charge < -0.3 is 24.8 Å². The minimum absolute atomic E-state index is 0.535. The number of aliphatic hydroxyl groups excluding tert-OH is 3. The van der Waals surface area contributed by atoms with Crippen LogP contribution in [0.25, 0.3) is 0 Å². The molecule has 1 aromatic rings. The van der Waals surface area contributed by atoms with E-state index in [2.05, 4.69) is 0 Å². The number of benzene rings is 1. The van der Waals surface area contributed by atoms with Crippen molar-refractivity contribution in [2.24, 2.45) is 0 Å². The first-order valence-corrected chi connectivity index (χ1v) is 5.51. The standard InChI is InChI=1S/C12H16O5/c1-7-9(13)10(14)11(15)12(16-7)17-8-5-3-2-4-6-8/h2-7,9-15H,1H3/t7-,9-,10+,11-,12+/m1/s1. The molecule has 2 rings (SSSR count). The van der Waals surface area contributed by atoms with Gasteiger partial charge in [-0.2, -0.15) is 0 Å². The molecule has 0 unspecified atom stereocenters. The summed E-state index contributed by atoms with van der Waals surface area (Å²) in [6.45, 7) is 1.61. The van der Waals surface area contributed by atoms with Gasteiger partial charge in [0.2, 0.25) is 6.29 Å². The number of aliphatic hydroxyl groups is 3. The van der Waals surface area contributed by atoms with E-state index in [9.17, 15) is 15.3 Å². The maximum atomic E-state index is 9.73. The van der Waals surface area contributed by atoms with E-state index in [4.69, 9.17) is 9.47 Å². The van der Waals surface area contributed by atoms with Crippen molar-refractivity contribution < 1.29 is 24.8 Å². The van der Waals surface area contributed by atoms with E-state index in [1.54, 1.807) is 31.2 Å². The maximum Gasteiger partial charge on any atom is 0.229 e. The highest BCUT2D eigenvalue weighted by atomic mass is 16.7. The van der Waals surface area contributed by atoms with E-state index in [0.29, 0.717) is 5.75 Å². The Bertz CT molecular complexity index is 355. The van der Waals surface area contributed by atoms with Crippen LogP contribution in [0.15, 0.2) is 30.3 Å². The van der Waals surface area contributed by atoms with Crippen molar-refractivity contribution in [1.82, 2.24) is 0 Å². The number of hydrogen-bond donors (Lipinski definition) is 3. The molecule has 5 atom stereocenters. The molecular weight excluding hydrogens is 224 g/mol. The first-order valence-electron chi connectivity index (χ1n) is 5.51. The first-order chi connectivity index (χ1) is 8.09. The van der Waals surface area contributed by atoms with Gasteiger partial charge in [0.1, 0.15) is 24.1 Å². The van der Waals surface area contributed by atoms with Crippen molar-refractivity contribution in [1.29, 1.82) is 0 Å². The second kappa shape index (κ2) is 5.01. The summed E-state index contributed by atoms with van der Waals surface area (Å²) < 4.78 is 10.7. The van der Waals surface area contributed by atoms with Crippen molar-refractivity contribution in [2.75, 3.05) is 0 Å². The molecule has 0 saturated carbocycles. The molecular formula is C12H16O5. The second-order valence-corrected chi connectivity index (χ2v) is 4.11. The van der Waals surface area contributed by atoms with Crippen molar-refractivity contribution in [3.63, 3.8) is 0 Å². The van der Waals surface area contributed by atoms with Crippen LogP contribution >= 0.6 is 0 Å².